The minimum atomic E-state index is -3.71. The summed E-state index contributed by atoms with van der Waals surface area (Å²) >= 11 is 0. The van der Waals surface area contributed by atoms with Crippen LogP contribution in [0.4, 0.5) is 10.1 Å². The van der Waals surface area contributed by atoms with Gasteiger partial charge in [-0.2, -0.15) is 0 Å². The number of nitrogens with zero attached hydrogens (tertiary/aromatic N) is 2. The van der Waals surface area contributed by atoms with Crippen LogP contribution in [-0.4, -0.2) is 60.2 Å². The Bertz CT molecular complexity index is 1210. The van der Waals surface area contributed by atoms with Crippen LogP contribution in [0.5, 0.6) is 5.75 Å². The van der Waals surface area contributed by atoms with Crippen LogP contribution in [-0.2, 0) is 16.4 Å². The van der Waals surface area contributed by atoms with E-state index in [1.807, 2.05) is 18.2 Å². The monoisotopic (exact) mass is 457 g/mol. The van der Waals surface area contributed by atoms with E-state index < -0.39 is 10.0 Å². The molecule has 1 heterocycles. The van der Waals surface area contributed by atoms with Crippen LogP contribution in [0.3, 0.4) is 0 Å². The molecule has 170 valence electrons. The van der Waals surface area contributed by atoms with Crippen molar-refractivity contribution < 1.29 is 17.5 Å². The smallest absolute Gasteiger partial charge is 0.240 e. The van der Waals surface area contributed by atoms with Crippen LogP contribution in [0.1, 0.15) is 5.56 Å². The molecule has 6 nitrogen and oxygen atoms in total. The largest absolute Gasteiger partial charge is 0.495 e. The Hall–Kier alpha value is -2.68. The predicted molar refractivity (Wildman–Crippen MR) is 126 cm³/mol. The first-order chi connectivity index (χ1) is 15.4. The maximum Gasteiger partial charge on any atom is 0.240 e. The van der Waals surface area contributed by atoms with Gasteiger partial charge in [-0.15, -0.1) is 0 Å². The van der Waals surface area contributed by atoms with Gasteiger partial charge >= 0.3 is 0 Å². The topological polar surface area (TPSA) is 61.9 Å². The first kappa shape index (κ1) is 22.5. The molecule has 0 aromatic heterocycles. The predicted octanol–water partition coefficient (Wildman–Crippen LogP) is 3.26. The number of benzene rings is 3. The Kier molecular flexibility index (Phi) is 6.64. The van der Waals surface area contributed by atoms with Crippen LogP contribution >= 0.6 is 0 Å². The SMILES string of the molecule is COc1ccc(S(=O)(=O)NCCc2cccc3ccc(F)cc23)cc1N1CCN(C)CC1. The Morgan fingerprint density at radius 2 is 1.81 bits per heavy atom. The molecule has 32 heavy (non-hydrogen) atoms. The van der Waals surface area contributed by atoms with Crippen molar-refractivity contribution in [1.29, 1.82) is 0 Å². The number of anilines is 1. The van der Waals surface area contributed by atoms with Crippen LogP contribution in [0.15, 0.2) is 59.5 Å². The lowest BCUT2D eigenvalue weighted by Crippen LogP contribution is -2.44. The van der Waals surface area contributed by atoms with Gasteiger partial charge in [-0.25, -0.2) is 17.5 Å². The molecule has 0 aliphatic carbocycles. The summed E-state index contributed by atoms with van der Waals surface area (Å²) in [5.74, 6) is 0.353. The number of sulfonamides is 1. The molecule has 3 aromatic carbocycles. The Morgan fingerprint density at radius 3 is 2.56 bits per heavy atom. The number of hydrogen-bond donors (Lipinski definition) is 1. The molecule has 0 saturated carbocycles. The van der Waals surface area contributed by atoms with E-state index in [1.165, 1.54) is 12.1 Å². The average Bonchev–Trinajstić information content (AvgIpc) is 2.79. The lowest BCUT2D eigenvalue weighted by atomic mass is 10.0. The molecule has 0 unspecified atom stereocenters. The van der Waals surface area contributed by atoms with E-state index in [1.54, 1.807) is 31.4 Å². The van der Waals surface area contributed by atoms with E-state index in [9.17, 15) is 12.8 Å². The number of hydrogen-bond acceptors (Lipinski definition) is 5. The average molecular weight is 458 g/mol. The zero-order chi connectivity index (χ0) is 22.7. The van der Waals surface area contributed by atoms with E-state index in [0.717, 1.165) is 48.2 Å². The summed E-state index contributed by atoms with van der Waals surface area (Å²) in [4.78, 5) is 4.60. The molecule has 1 N–H and O–H groups in total. The van der Waals surface area contributed by atoms with E-state index in [0.29, 0.717) is 12.2 Å². The molecule has 0 amide bonds. The van der Waals surface area contributed by atoms with Crippen molar-refractivity contribution in [3.63, 3.8) is 0 Å². The van der Waals surface area contributed by atoms with Gasteiger partial charge in [0.2, 0.25) is 10.0 Å². The van der Waals surface area contributed by atoms with Crippen molar-refractivity contribution in [2.45, 2.75) is 11.3 Å². The van der Waals surface area contributed by atoms with Crippen LogP contribution in [0, 0.1) is 5.82 Å². The number of rotatable bonds is 7. The van der Waals surface area contributed by atoms with Crippen LogP contribution < -0.4 is 14.4 Å². The lowest BCUT2D eigenvalue weighted by molar-refractivity contribution is 0.311. The summed E-state index contributed by atoms with van der Waals surface area (Å²) < 4.78 is 47.8. The minimum Gasteiger partial charge on any atom is -0.495 e. The Morgan fingerprint density at radius 1 is 1.03 bits per heavy atom. The normalized spacial score (nSPS) is 15.3. The van der Waals surface area contributed by atoms with Gasteiger partial charge < -0.3 is 14.5 Å². The number of fused-ring (bicyclic) bond motifs is 1. The fourth-order valence-electron chi connectivity index (χ4n) is 4.06. The van der Waals surface area contributed by atoms with E-state index in [-0.39, 0.29) is 17.3 Å². The molecule has 0 atom stereocenters. The highest BCUT2D eigenvalue weighted by Gasteiger charge is 2.21. The van der Waals surface area contributed by atoms with E-state index in [2.05, 4.69) is 21.6 Å². The molecule has 0 bridgehead atoms. The van der Waals surface area contributed by atoms with Crippen molar-refractivity contribution in [2.24, 2.45) is 0 Å². The first-order valence-corrected chi connectivity index (χ1v) is 12.1. The number of ether oxygens (including phenoxy) is 1. The number of methoxy groups -OCH3 is 1. The van der Waals surface area contributed by atoms with Crippen molar-refractivity contribution >= 4 is 26.5 Å². The van der Waals surface area contributed by atoms with Crippen molar-refractivity contribution in [3.05, 3.63) is 66.0 Å². The van der Waals surface area contributed by atoms with Crippen molar-refractivity contribution in [3.8, 4) is 5.75 Å². The van der Waals surface area contributed by atoms with E-state index >= 15 is 0 Å². The van der Waals surface area contributed by atoms with Crippen molar-refractivity contribution in [1.82, 2.24) is 9.62 Å². The zero-order valence-electron chi connectivity index (χ0n) is 18.3. The standard InChI is InChI=1S/C24H28FN3O3S/c1-27-12-14-28(15-13-27)23-17-21(8-9-24(23)31-2)32(29,30)26-11-10-19-5-3-4-18-6-7-20(25)16-22(18)19/h3-9,16-17,26H,10-15H2,1-2H3. The molecule has 1 aliphatic heterocycles. The fraction of sp³-hybridized carbons (Fsp3) is 0.333. The summed E-state index contributed by atoms with van der Waals surface area (Å²) in [5.41, 5.74) is 1.69. The molecule has 0 spiro atoms. The molecule has 3 aromatic rings. The second-order valence-corrected chi connectivity index (χ2v) is 9.82. The Balaban J connectivity index is 1.50. The van der Waals surface area contributed by atoms with Crippen LogP contribution in [0.2, 0.25) is 0 Å². The number of nitrogens with one attached hydrogen (secondary N) is 1. The quantitative estimate of drug-likeness (QED) is 0.590. The summed E-state index contributed by atoms with van der Waals surface area (Å²) in [6, 6.07) is 15.3. The highest BCUT2D eigenvalue weighted by molar-refractivity contribution is 7.89. The van der Waals surface area contributed by atoms with Gasteiger partial charge in [0, 0.05) is 32.7 Å². The van der Waals surface area contributed by atoms with Gasteiger partial charge in [0.15, 0.2) is 0 Å². The number of halogens is 1. The summed E-state index contributed by atoms with van der Waals surface area (Å²) in [7, 11) is -0.0408. The molecule has 1 fully saturated rings. The number of piperazine rings is 1. The van der Waals surface area contributed by atoms with Crippen molar-refractivity contribution in [2.75, 3.05) is 51.8 Å². The zero-order valence-corrected chi connectivity index (χ0v) is 19.2. The molecule has 8 heteroatoms. The molecule has 1 saturated heterocycles. The third kappa shape index (κ3) is 4.87. The molecule has 4 rings (SSSR count). The lowest BCUT2D eigenvalue weighted by Gasteiger charge is -2.34. The highest BCUT2D eigenvalue weighted by atomic mass is 32.2. The van der Waals surface area contributed by atoms with Gasteiger partial charge in [0.05, 0.1) is 17.7 Å². The first-order valence-electron chi connectivity index (χ1n) is 10.7. The summed E-state index contributed by atoms with van der Waals surface area (Å²) in [6.07, 6.45) is 0.460. The van der Waals surface area contributed by atoms with Gasteiger partial charge in [-0.3, -0.25) is 0 Å². The highest BCUT2D eigenvalue weighted by Crippen LogP contribution is 2.31. The second kappa shape index (κ2) is 9.44. The molecule has 1 aliphatic rings. The second-order valence-electron chi connectivity index (χ2n) is 8.05. The van der Waals surface area contributed by atoms with Gasteiger partial charge in [-0.05, 0) is 60.1 Å². The third-order valence-corrected chi connectivity index (χ3v) is 7.38. The molecule has 0 radical (unpaired) electrons. The minimum absolute atomic E-state index is 0.205. The summed E-state index contributed by atoms with van der Waals surface area (Å²) in [5, 5.41) is 1.73. The summed E-state index contributed by atoms with van der Waals surface area (Å²) in [6.45, 7) is 3.64. The maximum absolute atomic E-state index is 13.7. The van der Waals surface area contributed by atoms with Gasteiger partial charge in [0.1, 0.15) is 11.6 Å². The molecular formula is C24H28FN3O3S. The van der Waals surface area contributed by atoms with E-state index in [4.69, 9.17) is 4.74 Å². The fourth-order valence-corrected chi connectivity index (χ4v) is 5.11. The number of likely N-dealkylation sites (N-methyl/N-ethyl adjacent to an activating group) is 1. The maximum atomic E-state index is 13.7. The third-order valence-electron chi connectivity index (χ3n) is 5.93. The van der Waals surface area contributed by atoms with Gasteiger partial charge in [-0.1, -0.05) is 24.3 Å². The van der Waals surface area contributed by atoms with Gasteiger partial charge in [0.25, 0.3) is 0 Å². The molecular weight excluding hydrogens is 429 g/mol. The Labute approximate surface area is 188 Å². The van der Waals surface area contributed by atoms with Crippen LogP contribution in [0.25, 0.3) is 10.8 Å².